The summed E-state index contributed by atoms with van der Waals surface area (Å²) in [4.78, 5) is 4.02. The number of thiophene rings is 1. The Kier molecular flexibility index (Phi) is 4.96. The van der Waals surface area contributed by atoms with Gasteiger partial charge in [0.2, 0.25) is 0 Å². The molecule has 0 bridgehead atoms. The average molecular weight is 321 g/mol. The molecule has 1 saturated carbocycles. The summed E-state index contributed by atoms with van der Waals surface area (Å²) in [6.45, 7) is 2.11. The van der Waals surface area contributed by atoms with Crippen molar-refractivity contribution in [3.8, 4) is 0 Å². The molecule has 0 aliphatic heterocycles. The first-order valence-corrected chi connectivity index (χ1v) is 8.75. The predicted molar refractivity (Wildman–Crippen MR) is 90.7 cm³/mol. The number of hydrogen-bond acceptors (Lipinski definition) is 3. The largest absolute Gasteiger partial charge is 0.324 e. The second-order valence-corrected chi connectivity index (χ2v) is 7.20. The summed E-state index contributed by atoms with van der Waals surface area (Å²) >= 11 is 7.88. The molecule has 0 saturated heterocycles. The molecule has 1 fully saturated rings. The third-order valence-corrected chi connectivity index (χ3v) is 5.10. The molecule has 2 N–H and O–H groups in total. The number of rotatable bonds is 7. The molecule has 1 aromatic carbocycles. The van der Waals surface area contributed by atoms with E-state index in [2.05, 4.69) is 28.5 Å². The molecule has 3 rings (SSSR count). The lowest BCUT2D eigenvalue weighted by atomic mass is 10.0. The number of nitrogens with zero attached hydrogens (tertiary/aromatic N) is 1. The fourth-order valence-corrected chi connectivity index (χ4v) is 3.57. The van der Waals surface area contributed by atoms with Crippen LogP contribution in [0.2, 0.25) is 5.02 Å². The lowest BCUT2D eigenvalue weighted by Gasteiger charge is -2.23. The second kappa shape index (κ2) is 6.93. The molecule has 2 aromatic rings. The van der Waals surface area contributed by atoms with Gasteiger partial charge < -0.3 is 5.73 Å². The van der Waals surface area contributed by atoms with Gasteiger partial charge in [0.15, 0.2) is 0 Å². The third kappa shape index (κ3) is 4.30. The summed E-state index contributed by atoms with van der Waals surface area (Å²) in [5.74, 6) is 0. The van der Waals surface area contributed by atoms with Gasteiger partial charge in [-0.1, -0.05) is 29.8 Å². The summed E-state index contributed by atoms with van der Waals surface area (Å²) in [6, 6.07) is 13.1. The number of benzene rings is 1. The van der Waals surface area contributed by atoms with Crippen molar-refractivity contribution in [3.63, 3.8) is 0 Å². The fourth-order valence-electron chi connectivity index (χ4n) is 2.64. The van der Waals surface area contributed by atoms with Crippen LogP contribution in [0.4, 0.5) is 0 Å². The zero-order valence-corrected chi connectivity index (χ0v) is 13.6. The predicted octanol–water partition coefficient (Wildman–Crippen LogP) is 4.46. The summed E-state index contributed by atoms with van der Waals surface area (Å²) in [7, 11) is 0. The van der Waals surface area contributed by atoms with E-state index in [1.54, 1.807) is 0 Å². The maximum Gasteiger partial charge on any atom is 0.0409 e. The van der Waals surface area contributed by atoms with E-state index < -0.39 is 0 Å². The Hall–Kier alpha value is -0.870. The van der Waals surface area contributed by atoms with E-state index in [0.29, 0.717) is 0 Å². The summed E-state index contributed by atoms with van der Waals surface area (Å²) in [5.41, 5.74) is 7.46. The van der Waals surface area contributed by atoms with E-state index in [0.717, 1.165) is 36.1 Å². The Morgan fingerprint density at radius 1 is 1.29 bits per heavy atom. The Bertz CT molecular complexity index is 566. The molecule has 1 unspecified atom stereocenters. The van der Waals surface area contributed by atoms with Gasteiger partial charge in [0.05, 0.1) is 0 Å². The number of hydrogen-bond donors (Lipinski definition) is 1. The van der Waals surface area contributed by atoms with Gasteiger partial charge in [-0.15, -0.1) is 11.3 Å². The summed E-state index contributed by atoms with van der Waals surface area (Å²) in [6.07, 6.45) is 3.64. The van der Waals surface area contributed by atoms with Crippen LogP contribution in [0, 0.1) is 0 Å². The first-order chi connectivity index (χ1) is 10.2. The van der Waals surface area contributed by atoms with Gasteiger partial charge in [0.25, 0.3) is 0 Å². The molecule has 0 spiro atoms. The Morgan fingerprint density at radius 2 is 2.14 bits per heavy atom. The van der Waals surface area contributed by atoms with Crippen molar-refractivity contribution in [3.05, 3.63) is 57.2 Å². The van der Waals surface area contributed by atoms with Gasteiger partial charge in [0, 0.05) is 35.1 Å². The van der Waals surface area contributed by atoms with Crippen LogP contribution in [0.1, 0.15) is 35.7 Å². The zero-order valence-electron chi connectivity index (χ0n) is 12.0. The van der Waals surface area contributed by atoms with Crippen molar-refractivity contribution < 1.29 is 0 Å². The van der Waals surface area contributed by atoms with Crippen molar-refractivity contribution in [1.82, 2.24) is 4.90 Å². The smallest absolute Gasteiger partial charge is 0.0409 e. The molecule has 0 radical (unpaired) electrons. The molecule has 1 aliphatic carbocycles. The molecule has 1 atom stereocenters. The van der Waals surface area contributed by atoms with E-state index in [4.69, 9.17) is 17.3 Å². The van der Waals surface area contributed by atoms with Gasteiger partial charge in [-0.25, -0.2) is 0 Å². The molecule has 4 heteroatoms. The van der Waals surface area contributed by atoms with Gasteiger partial charge >= 0.3 is 0 Å². The Balaban J connectivity index is 1.56. The molecule has 1 heterocycles. The molecule has 0 amide bonds. The minimum absolute atomic E-state index is 0.0632. The quantitative estimate of drug-likeness (QED) is 0.816. The standard InChI is InChI=1S/C17H21ClN2S/c18-14-4-1-3-13(11-14)17(19)8-9-20(15-6-7-15)12-16-5-2-10-21-16/h1-5,10-11,15,17H,6-9,12,19H2. The summed E-state index contributed by atoms with van der Waals surface area (Å²) < 4.78 is 0. The minimum atomic E-state index is 0.0632. The van der Waals surface area contributed by atoms with Crippen molar-refractivity contribution in [1.29, 1.82) is 0 Å². The maximum atomic E-state index is 6.32. The molecule has 1 aliphatic rings. The van der Waals surface area contributed by atoms with Gasteiger partial charge in [-0.05, 0) is 48.4 Å². The maximum absolute atomic E-state index is 6.32. The lowest BCUT2D eigenvalue weighted by Crippen LogP contribution is -2.28. The second-order valence-electron chi connectivity index (χ2n) is 5.73. The molecular weight excluding hydrogens is 300 g/mol. The van der Waals surface area contributed by atoms with E-state index in [9.17, 15) is 0 Å². The normalized spacial score (nSPS) is 16.3. The van der Waals surface area contributed by atoms with Gasteiger partial charge in [-0.3, -0.25) is 4.90 Å². The van der Waals surface area contributed by atoms with E-state index in [1.807, 2.05) is 29.5 Å². The summed E-state index contributed by atoms with van der Waals surface area (Å²) in [5, 5.41) is 2.92. The molecule has 1 aromatic heterocycles. The van der Waals surface area contributed by atoms with E-state index >= 15 is 0 Å². The van der Waals surface area contributed by atoms with Crippen LogP contribution in [-0.4, -0.2) is 17.5 Å². The van der Waals surface area contributed by atoms with Crippen molar-refractivity contribution in [2.24, 2.45) is 5.73 Å². The SMILES string of the molecule is NC(CCN(Cc1cccs1)C1CC1)c1cccc(Cl)c1. The average Bonchev–Trinajstić information content (AvgIpc) is 3.20. The monoisotopic (exact) mass is 320 g/mol. The zero-order chi connectivity index (χ0) is 14.7. The number of nitrogens with two attached hydrogens (primary N) is 1. The first-order valence-electron chi connectivity index (χ1n) is 7.50. The van der Waals surface area contributed by atoms with Crippen LogP contribution in [0.15, 0.2) is 41.8 Å². The molecule has 21 heavy (non-hydrogen) atoms. The van der Waals surface area contributed by atoms with Crippen LogP contribution in [0.25, 0.3) is 0 Å². The van der Waals surface area contributed by atoms with Crippen LogP contribution in [-0.2, 0) is 6.54 Å². The highest BCUT2D eigenvalue weighted by Gasteiger charge is 2.29. The van der Waals surface area contributed by atoms with Crippen LogP contribution in [0.3, 0.4) is 0 Å². The third-order valence-electron chi connectivity index (χ3n) is 4.01. The molecule has 2 nitrogen and oxygen atoms in total. The number of halogens is 1. The molecule has 112 valence electrons. The highest BCUT2D eigenvalue weighted by molar-refractivity contribution is 7.09. The highest BCUT2D eigenvalue weighted by atomic mass is 35.5. The fraction of sp³-hybridized carbons (Fsp3) is 0.412. The van der Waals surface area contributed by atoms with Crippen LogP contribution < -0.4 is 5.73 Å². The van der Waals surface area contributed by atoms with Crippen molar-refractivity contribution in [2.45, 2.75) is 37.9 Å². The van der Waals surface area contributed by atoms with Gasteiger partial charge in [-0.2, -0.15) is 0 Å². The molecular formula is C17H21ClN2S. The van der Waals surface area contributed by atoms with Crippen LogP contribution in [0.5, 0.6) is 0 Å². The van der Waals surface area contributed by atoms with Crippen molar-refractivity contribution in [2.75, 3.05) is 6.54 Å². The van der Waals surface area contributed by atoms with Crippen molar-refractivity contribution >= 4 is 22.9 Å². The van der Waals surface area contributed by atoms with Crippen LogP contribution >= 0.6 is 22.9 Å². The first kappa shape index (κ1) is 15.0. The minimum Gasteiger partial charge on any atom is -0.324 e. The Labute approximate surface area is 135 Å². The van der Waals surface area contributed by atoms with Gasteiger partial charge in [0.1, 0.15) is 0 Å². The Morgan fingerprint density at radius 3 is 2.81 bits per heavy atom. The van der Waals surface area contributed by atoms with E-state index in [-0.39, 0.29) is 6.04 Å². The topological polar surface area (TPSA) is 29.3 Å². The van der Waals surface area contributed by atoms with E-state index in [1.165, 1.54) is 17.7 Å². The lowest BCUT2D eigenvalue weighted by molar-refractivity contribution is 0.247. The highest BCUT2D eigenvalue weighted by Crippen LogP contribution is 2.30.